The minimum Gasteiger partial charge on any atom is -0.497 e. The highest BCUT2D eigenvalue weighted by molar-refractivity contribution is 6.08. The second-order valence-corrected chi connectivity index (χ2v) is 7.58. The first-order valence-corrected chi connectivity index (χ1v) is 9.66. The van der Waals surface area contributed by atoms with Crippen LogP contribution in [-0.4, -0.2) is 32.2 Å². The molecule has 0 radical (unpaired) electrons. The average molecular weight is 391 g/mol. The second-order valence-electron chi connectivity index (χ2n) is 7.58. The number of carbonyl (C=O) groups is 1. The monoisotopic (exact) mass is 391 g/mol. The molecule has 4 aromatic rings. The van der Waals surface area contributed by atoms with Gasteiger partial charge in [-0.2, -0.15) is 0 Å². The maximum Gasteiger partial charge on any atom is 0.254 e. The molecule has 0 unspecified atom stereocenters. The van der Waals surface area contributed by atoms with E-state index in [1.165, 1.54) is 0 Å². The molecule has 0 aliphatic rings. The topological polar surface area (TPSA) is 73.4 Å². The Morgan fingerprint density at radius 1 is 1.17 bits per heavy atom. The molecule has 4 rings (SSSR count). The van der Waals surface area contributed by atoms with Crippen LogP contribution in [0.2, 0.25) is 0 Å². The van der Waals surface area contributed by atoms with Gasteiger partial charge in [0.1, 0.15) is 5.75 Å². The third-order valence-corrected chi connectivity index (χ3v) is 5.50. The van der Waals surface area contributed by atoms with Gasteiger partial charge >= 0.3 is 0 Å². The fraction of sp³-hybridized carbons (Fsp3) is 0.318. The van der Waals surface area contributed by atoms with Gasteiger partial charge in [-0.25, -0.2) is 0 Å². The SMILES string of the molecule is COc1ccc2c(c1)c(C(=O)N[C@@H](c1nnc3ccccn13)C(C)C)c(C)n2C. The number of benzene rings is 1. The molecule has 0 bridgehead atoms. The first-order valence-electron chi connectivity index (χ1n) is 9.66. The Hall–Kier alpha value is -3.35. The molecular weight excluding hydrogens is 366 g/mol. The Bertz CT molecular complexity index is 1200. The minimum atomic E-state index is -0.278. The lowest BCUT2D eigenvalue weighted by molar-refractivity contribution is 0.0923. The summed E-state index contributed by atoms with van der Waals surface area (Å²) in [5.41, 5.74) is 3.30. The van der Waals surface area contributed by atoms with Gasteiger partial charge in [-0.3, -0.25) is 9.20 Å². The van der Waals surface area contributed by atoms with Gasteiger partial charge in [-0.05, 0) is 43.2 Å². The summed E-state index contributed by atoms with van der Waals surface area (Å²) >= 11 is 0. The van der Waals surface area contributed by atoms with Crippen molar-refractivity contribution in [2.24, 2.45) is 13.0 Å². The summed E-state index contributed by atoms with van der Waals surface area (Å²) < 4.78 is 9.32. The Kier molecular flexibility index (Phi) is 4.74. The van der Waals surface area contributed by atoms with E-state index in [1.807, 2.05) is 65.5 Å². The number of rotatable bonds is 5. The third-order valence-electron chi connectivity index (χ3n) is 5.50. The zero-order valence-electron chi connectivity index (χ0n) is 17.3. The molecule has 150 valence electrons. The van der Waals surface area contributed by atoms with E-state index in [1.54, 1.807) is 7.11 Å². The Labute approximate surface area is 169 Å². The quantitative estimate of drug-likeness (QED) is 0.563. The van der Waals surface area contributed by atoms with Crippen LogP contribution in [0.5, 0.6) is 5.75 Å². The Morgan fingerprint density at radius 2 is 1.97 bits per heavy atom. The van der Waals surface area contributed by atoms with Crippen LogP contribution in [-0.2, 0) is 7.05 Å². The van der Waals surface area contributed by atoms with E-state index >= 15 is 0 Å². The fourth-order valence-electron chi connectivity index (χ4n) is 3.78. The maximum absolute atomic E-state index is 13.4. The van der Waals surface area contributed by atoms with Crippen LogP contribution in [0, 0.1) is 12.8 Å². The van der Waals surface area contributed by atoms with Crippen molar-refractivity contribution in [3.63, 3.8) is 0 Å². The number of aromatic nitrogens is 4. The molecule has 0 aliphatic carbocycles. The van der Waals surface area contributed by atoms with Crippen molar-refractivity contribution in [2.45, 2.75) is 26.8 Å². The predicted octanol–water partition coefficient (Wildman–Crippen LogP) is 3.67. The molecule has 7 heteroatoms. The second kappa shape index (κ2) is 7.24. The van der Waals surface area contributed by atoms with Crippen LogP contribution >= 0.6 is 0 Å². The zero-order valence-corrected chi connectivity index (χ0v) is 17.3. The Morgan fingerprint density at radius 3 is 2.69 bits per heavy atom. The first kappa shape index (κ1) is 19.0. The summed E-state index contributed by atoms with van der Waals surface area (Å²) in [7, 11) is 3.59. The van der Waals surface area contributed by atoms with Gasteiger partial charge in [0, 0.05) is 29.8 Å². The van der Waals surface area contributed by atoms with E-state index in [9.17, 15) is 4.79 Å². The van der Waals surface area contributed by atoms with Crippen LogP contribution in [0.25, 0.3) is 16.6 Å². The maximum atomic E-state index is 13.4. The number of carbonyl (C=O) groups excluding carboxylic acids is 1. The number of pyridine rings is 1. The molecule has 1 amide bonds. The molecule has 0 aliphatic heterocycles. The lowest BCUT2D eigenvalue weighted by atomic mass is 10.0. The highest BCUT2D eigenvalue weighted by Gasteiger charge is 2.27. The lowest BCUT2D eigenvalue weighted by Gasteiger charge is -2.21. The van der Waals surface area contributed by atoms with Crippen LogP contribution in [0.15, 0.2) is 42.6 Å². The Balaban J connectivity index is 1.77. The molecule has 29 heavy (non-hydrogen) atoms. The number of hydrogen-bond acceptors (Lipinski definition) is 4. The molecule has 0 saturated heterocycles. The van der Waals surface area contributed by atoms with Crippen molar-refractivity contribution in [1.82, 2.24) is 24.5 Å². The van der Waals surface area contributed by atoms with Crippen LogP contribution in [0.3, 0.4) is 0 Å². The molecular formula is C22H25N5O2. The third kappa shape index (κ3) is 3.12. The number of nitrogens with one attached hydrogen (secondary N) is 1. The van der Waals surface area contributed by atoms with Crippen LogP contribution in [0.1, 0.15) is 41.8 Å². The zero-order chi connectivity index (χ0) is 20.7. The molecule has 3 aromatic heterocycles. The normalized spacial score (nSPS) is 12.6. The van der Waals surface area contributed by atoms with E-state index in [-0.39, 0.29) is 17.9 Å². The number of hydrogen-bond donors (Lipinski definition) is 1. The van der Waals surface area contributed by atoms with Gasteiger partial charge < -0.3 is 14.6 Å². The number of amides is 1. The van der Waals surface area contributed by atoms with Gasteiger partial charge in [-0.1, -0.05) is 19.9 Å². The molecule has 7 nitrogen and oxygen atoms in total. The first-order chi connectivity index (χ1) is 13.9. The molecule has 1 atom stereocenters. The number of aryl methyl sites for hydroxylation is 1. The standard InChI is InChI=1S/C22H25N5O2/c1-13(2)20(21-25-24-18-8-6-7-11-27(18)21)23-22(28)19-14(3)26(4)17-10-9-15(29-5)12-16(17)19/h6-13,20H,1-5H3,(H,23,28)/t20-/m1/s1. The van der Waals surface area contributed by atoms with Crippen LogP contribution < -0.4 is 10.1 Å². The molecule has 0 fully saturated rings. The van der Waals surface area contributed by atoms with Crippen molar-refractivity contribution in [3.05, 3.63) is 59.7 Å². The summed E-state index contributed by atoms with van der Waals surface area (Å²) in [5.74, 6) is 1.45. The smallest absolute Gasteiger partial charge is 0.254 e. The number of ether oxygens (including phenoxy) is 1. The van der Waals surface area contributed by atoms with Crippen molar-refractivity contribution in [1.29, 1.82) is 0 Å². The summed E-state index contributed by atoms with van der Waals surface area (Å²) in [6, 6.07) is 11.3. The van der Waals surface area contributed by atoms with Crippen molar-refractivity contribution >= 4 is 22.5 Å². The molecule has 0 saturated carbocycles. The van der Waals surface area contributed by atoms with Gasteiger partial charge in [0.15, 0.2) is 11.5 Å². The average Bonchev–Trinajstić information content (AvgIpc) is 3.25. The fourth-order valence-corrected chi connectivity index (χ4v) is 3.78. The number of nitrogens with zero attached hydrogens (tertiary/aromatic N) is 4. The van der Waals surface area contributed by atoms with E-state index in [2.05, 4.69) is 29.4 Å². The van der Waals surface area contributed by atoms with E-state index < -0.39 is 0 Å². The van der Waals surface area contributed by atoms with Gasteiger partial charge in [0.2, 0.25) is 0 Å². The van der Waals surface area contributed by atoms with E-state index in [4.69, 9.17) is 4.74 Å². The summed E-state index contributed by atoms with van der Waals surface area (Å²) in [6.07, 6.45) is 1.92. The largest absolute Gasteiger partial charge is 0.497 e. The predicted molar refractivity (Wildman–Crippen MR) is 112 cm³/mol. The highest BCUT2D eigenvalue weighted by atomic mass is 16.5. The van der Waals surface area contributed by atoms with Crippen molar-refractivity contribution in [2.75, 3.05) is 7.11 Å². The number of methoxy groups -OCH3 is 1. The highest BCUT2D eigenvalue weighted by Crippen LogP contribution is 2.30. The van der Waals surface area contributed by atoms with Gasteiger partial charge in [-0.15, -0.1) is 10.2 Å². The summed E-state index contributed by atoms with van der Waals surface area (Å²) in [5, 5.41) is 12.7. The lowest BCUT2D eigenvalue weighted by Crippen LogP contribution is -2.33. The van der Waals surface area contributed by atoms with Gasteiger partial charge in [0.05, 0.1) is 18.7 Å². The number of fused-ring (bicyclic) bond motifs is 2. The molecule has 1 aromatic carbocycles. The van der Waals surface area contributed by atoms with Crippen molar-refractivity contribution < 1.29 is 9.53 Å². The van der Waals surface area contributed by atoms with Crippen LogP contribution in [0.4, 0.5) is 0 Å². The molecule has 0 spiro atoms. The van der Waals surface area contributed by atoms with E-state index in [0.29, 0.717) is 5.56 Å². The minimum absolute atomic E-state index is 0.132. The molecule has 1 N–H and O–H groups in total. The summed E-state index contributed by atoms with van der Waals surface area (Å²) in [6.45, 7) is 6.08. The van der Waals surface area contributed by atoms with E-state index in [0.717, 1.165) is 33.8 Å². The van der Waals surface area contributed by atoms with Gasteiger partial charge in [0.25, 0.3) is 5.91 Å². The van der Waals surface area contributed by atoms with Crippen molar-refractivity contribution in [3.8, 4) is 5.75 Å². The molecule has 3 heterocycles. The summed E-state index contributed by atoms with van der Waals surface area (Å²) in [4.78, 5) is 13.4.